The van der Waals surface area contributed by atoms with Gasteiger partial charge in [-0.3, -0.25) is 4.98 Å². The van der Waals surface area contributed by atoms with Gasteiger partial charge in [-0.15, -0.1) is 6.58 Å². The third-order valence-electron chi connectivity index (χ3n) is 7.30. The van der Waals surface area contributed by atoms with Crippen LogP contribution in [0.2, 0.25) is 0 Å². The standard InChI is InChI=1S/C18H20N2.C8H10.C7H14.C5H12.2C4H10.C2H6/c1-12(2)16-10-9-13(3)18(11-16)20-15(5)17-8-6-7-14(4)19-17;1-7-5-3-4-6-8(7)2;1-4-5-6-7(2)3;1-3-5-4-2;2*1-3-4-2;1-2/h6-11,20H,1,5H2,2-4H3;3-6H,1-2H3;2,4-6H2,1,3H3;3-5H2,1-2H3;2*3-4H2,1-2H3;1-2H3. The molecule has 0 aliphatic heterocycles. The van der Waals surface area contributed by atoms with E-state index in [1.54, 1.807) is 0 Å². The van der Waals surface area contributed by atoms with Gasteiger partial charge in [-0.05, 0) is 94.8 Å². The van der Waals surface area contributed by atoms with Crippen LogP contribution in [0.3, 0.4) is 0 Å². The Bertz CT molecular complexity index is 1200. The lowest BCUT2D eigenvalue weighted by atomic mass is 10.0. The SMILES string of the molecule is C=C(C)CCCC.C=C(C)c1ccc(C)c(NC(=C)c2cccc(C)n2)c1.CC.CCCC.CCCC.CCCCC.Cc1ccccc1C. The van der Waals surface area contributed by atoms with E-state index in [2.05, 4.69) is 149 Å². The van der Waals surface area contributed by atoms with Crippen molar-refractivity contribution in [1.82, 2.24) is 4.98 Å². The summed E-state index contributed by atoms with van der Waals surface area (Å²) in [5.41, 5.74) is 11.1. The van der Waals surface area contributed by atoms with Crippen LogP contribution in [0.25, 0.3) is 11.3 Å². The summed E-state index contributed by atoms with van der Waals surface area (Å²) < 4.78 is 0. The molecule has 0 saturated heterocycles. The Morgan fingerprint density at radius 2 is 1.06 bits per heavy atom. The third kappa shape index (κ3) is 33.1. The van der Waals surface area contributed by atoms with E-state index >= 15 is 0 Å². The molecule has 2 nitrogen and oxygen atoms in total. The first-order valence-corrected chi connectivity index (χ1v) is 19.6. The maximum absolute atomic E-state index is 4.48. The molecule has 0 fully saturated rings. The van der Waals surface area contributed by atoms with Gasteiger partial charge in [0.1, 0.15) is 0 Å². The van der Waals surface area contributed by atoms with Crippen molar-refractivity contribution in [3.05, 3.63) is 120 Å². The molecule has 1 N–H and O–H groups in total. The summed E-state index contributed by atoms with van der Waals surface area (Å²) in [6, 6.07) is 20.5. The van der Waals surface area contributed by atoms with Crippen molar-refractivity contribution in [1.29, 1.82) is 0 Å². The average molecular weight is 687 g/mol. The van der Waals surface area contributed by atoms with Gasteiger partial charge in [-0.25, -0.2) is 0 Å². The number of pyridine rings is 1. The summed E-state index contributed by atoms with van der Waals surface area (Å²) in [6.45, 7) is 43.6. The molecule has 3 aromatic rings. The normalized spacial score (nSPS) is 8.94. The van der Waals surface area contributed by atoms with Gasteiger partial charge in [-0.1, -0.05) is 180 Å². The molecule has 2 heteroatoms. The van der Waals surface area contributed by atoms with Crippen molar-refractivity contribution in [3.8, 4) is 0 Å². The topological polar surface area (TPSA) is 24.9 Å². The zero-order valence-electron chi connectivity index (χ0n) is 35.9. The zero-order chi connectivity index (χ0) is 39.3. The summed E-state index contributed by atoms with van der Waals surface area (Å²) in [6.07, 6.45) is 13.1. The lowest BCUT2D eigenvalue weighted by Gasteiger charge is -2.13. The molecule has 50 heavy (non-hydrogen) atoms. The van der Waals surface area contributed by atoms with Crippen LogP contribution >= 0.6 is 0 Å². The largest absolute Gasteiger partial charge is 0.354 e. The lowest BCUT2D eigenvalue weighted by molar-refractivity contribution is 0.772. The van der Waals surface area contributed by atoms with Gasteiger partial charge in [-0.2, -0.15) is 0 Å². The molecule has 0 saturated carbocycles. The number of aromatic nitrogens is 1. The smallest absolute Gasteiger partial charge is 0.0861 e. The molecule has 0 bridgehead atoms. The van der Waals surface area contributed by atoms with E-state index in [1.165, 1.54) is 86.5 Å². The molecule has 1 aromatic heterocycles. The summed E-state index contributed by atoms with van der Waals surface area (Å²) in [4.78, 5) is 4.48. The number of hydrogen-bond acceptors (Lipinski definition) is 2. The van der Waals surface area contributed by atoms with E-state index in [-0.39, 0.29) is 0 Å². The van der Waals surface area contributed by atoms with Gasteiger partial charge in [0.15, 0.2) is 0 Å². The molecule has 0 radical (unpaired) electrons. The molecule has 0 unspecified atom stereocenters. The number of nitrogens with one attached hydrogen (secondary N) is 1. The second-order valence-corrected chi connectivity index (χ2v) is 12.6. The molecule has 284 valence electrons. The predicted molar refractivity (Wildman–Crippen MR) is 235 cm³/mol. The quantitative estimate of drug-likeness (QED) is 0.203. The minimum absolute atomic E-state index is 0.802. The van der Waals surface area contributed by atoms with Crippen LogP contribution in [0.5, 0.6) is 0 Å². The second-order valence-electron chi connectivity index (χ2n) is 12.6. The number of nitrogens with zero attached hydrogens (tertiary/aromatic N) is 1. The molecular formula is C48H82N2. The number of allylic oxidation sites excluding steroid dienone is 2. The average Bonchev–Trinajstić information content (AvgIpc) is 3.11. The van der Waals surface area contributed by atoms with Crippen molar-refractivity contribution in [2.24, 2.45) is 0 Å². The molecule has 0 amide bonds. The highest BCUT2D eigenvalue weighted by Gasteiger charge is 2.05. The lowest BCUT2D eigenvalue weighted by Crippen LogP contribution is -2.02. The van der Waals surface area contributed by atoms with Crippen LogP contribution in [0.15, 0.2) is 86.0 Å². The minimum Gasteiger partial charge on any atom is -0.354 e. The fraction of sp³-hybridized carbons (Fsp3) is 0.521. The van der Waals surface area contributed by atoms with E-state index in [9.17, 15) is 0 Å². The molecule has 0 spiro atoms. The Kier molecular flexibility index (Phi) is 41.0. The summed E-state index contributed by atoms with van der Waals surface area (Å²) in [5.74, 6) is 0. The van der Waals surface area contributed by atoms with Gasteiger partial charge < -0.3 is 5.32 Å². The Morgan fingerprint density at radius 1 is 0.580 bits per heavy atom. The Morgan fingerprint density at radius 3 is 1.38 bits per heavy atom. The van der Waals surface area contributed by atoms with Gasteiger partial charge in [0.25, 0.3) is 0 Å². The molecule has 3 rings (SSSR count). The summed E-state index contributed by atoms with van der Waals surface area (Å²) in [7, 11) is 0. The second kappa shape index (κ2) is 38.4. The Labute approximate surface area is 314 Å². The van der Waals surface area contributed by atoms with E-state index in [4.69, 9.17) is 0 Å². The van der Waals surface area contributed by atoms with E-state index in [1.807, 2.05) is 45.9 Å². The molecule has 0 atom stereocenters. The summed E-state index contributed by atoms with van der Waals surface area (Å²) >= 11 is 0. The molecule has 0 aliphatic carbocycles. The van der Waals surface area contributed by atoms with Crippen molar-refractivity contribution in [3.63, 3.8) is 0 Å². The highest BCUT2D eigenvalue weighted by molar-refractivity contribution is 5.77. The van der Waals surface area contributed by atoms with E-state index in [0.29, 0.717) is 0 Å². The monoisotopic (exact) mass is 687 g/mol. The van der Waals surface area contributed by atoms with Gasteiger partial charge in [0.05, 0.1) is 11.4 Å². The number of unbranched alkanes of at least 4 members (excludes halogenated alkanes) is 5. The highest BCUT2D eigenvalue weighted by atomic mass is 14.9. The van der Waals surface area contributed by atoms with Crippen LogP contribution < -0.4 is 5.32 Å². The maximum atomic E-state index is 4.48. The van der Waals surface area contributed by atoms with Crippen molar-refractivity contribution >= 4 is 17.0 Å². The van der Waals surface area contributed by atoms with Gasteiger partial charge >= 0.3 is 0 Å². The molecular weight excluding hydrogens is 605 g/mol. The zero-order valence-corrected chi connectivity index (χ0v) is 35.9. The maximum Gasteiger partial charge on any atom is 0.0861 e. The first-order chi connectivity index (χ1) is 23.8. The van der Waals surface area contributed by atoms with Gasteiger partial charge in [0, 0.05) is 11.4 Å². The number of benzene rings is 2. The fourth-order valence-corrected chi connectivity index (χ4v) is 3.45. The predicted octanol–water partition coefficient (Wildman–Crippen LogP) is 16.7. The van der Waals surface area contributed by atoms with Crippen LogP contribution in [-0.2, 0) is 0 Å². The van der Waals surface area contributed by atoms with Crippen molar-refractivity contribution in [2.45, 2.75) is 168 Å². The Balaban J connectivity index is -0.000000292. The highest BCUT2D eigenvalue weighted by Crippen LogP contribution is 2.24. The number of hydrogen-bond donors (Lipinski definition) is 1. The Hall–Kier alpha value is -3.39. The van der Waals surface area contributed by atoms with E-state index in [0.717, 1.165) is 33.9 Å². The van der Waals surface area contributed by atoms with Crippen molar-refractivity contribution < 1.29 is 0 Å². The molecule has 1 heterocycles. The first kappa shape index (κ1) is 53.4. The number of anilines is 1. The summed E-state index contributed by atoms with van der Waals surface area (Å²) in [5, 5.41) is 3.35. The molecule has 0 aliphatic rings. The molecule has 2 aromatic carbocycles. The number of aryl methyl sites for hydroxylation is 4. The minimum atomic E-state index is 0.802. The van der Waals surface area contributed by atoms with Gasteiger partial charge in [0.2, 0.25) is 0 Å². The van der Waals surface area contributed by atoms with Crippen LogP contribution in [0.1, 0.15) is 174 Å². The van der Waals surface area contributed by atoms with Crippen LogP contribution in [0.4, 0.5) is 5.69 Å². The van der Waals surface area contributed by atoms with Crippen LogP contribution in [0, 0.1) is 27.7 Å². The van der Waals surface area contributed by atoms with E-state index < -0.39 is 0 Å². The third-order valence-corrected chi connectivity index (χ3v) is 7.30. The fourth-order valence-electron chi connectivity index (χ4n) is 3.45. The van der Waals surface area contributed by atoms with Crippen LogP contribution in [-0.4, -0.2) is 4.98 Å². The first-order valence-electron chi connectivity index (χ1n) is 19.6. The number of rotatable bonds is 11. The van der Waals surface area contributed by atoms with Crippen molar-refractivity contribution in [2.75, 3.05) is 5.32 Å².